The van der Waals surface area contributed by atoms with Gasteiger partial charge in [-0.15, -0.1) is 0 Å². The number of aliphatic hydroxyl groups is 1. The summed E-state index contributed by atoms with van der Waals surface area (Å²) in [6.45, 7) is 0.469. The summed E-state index contributed by atoms with van der Waals surface area (Å²) in [6.07, 6.45) is 1.09. The summed E-state index contributed by atoms with van der Waals surface area (Å²) in [5, 5.41) is 22.9. The van der Waals surface area contributed by atoms with E-state index >= 15 is 0 Å². The van der Waals surface area contributed by atoms with Crippen LogP contribution < -0.4 is 30.0 Å². The number of hydrogen-bond donors (Lipinski definition) is 3. The molecule has 0 bridgehead atoms. The van der Waals surface area contributed by atoms with Crippen LogP contribution in [0.5, 0.6) is 17.2 Å². The van der Waals surface area contributed by atoms with E-state index in [9.17, 15) is 19.5 Å². The number of anilines is 2. The molecule has 1 aliphatic rings. The van der Waals surface area contributed by atoms with Crippen LogP contribution in [-0.4, -0.2) is 82.3 Å². The van der Waals surface area contributed by atoms with Crippen LogP contribution >= 0.6 is 34.8 Å². The predicted molar refractivity (Wildman–Crippen MR) is 204 cm³/mol. The molecule has 3 aromatic carbocycles. The van der Waals surface area contributed by atoms with E-state index in [0.29, 0.717) is 63.2 Å². The molecule has 0 radical (unpaired) electrons. The molecule has 0 unspecified atom stereocenters. The Labute approximate surface area is 318 Å². The van der Waals surface area contributed by atoms with Crippen molar-refractivity contribution in [2.45, 2.75) is 29.8 Å². The highest BCUT2D eigenvalue weighted by Crippen LogP contribution is 2.39. The number of likely N-dealkylation sites (N-methyl/N-ethyl adjacent to an activating group) is 1. The average molecular weight is 786 g/mol. The van der Waals surface area contributed by atoms with Gasteiger partial charge >= 0.3 is 6.09 Å². The van der Waals surface area contributed by atoms with Crippen molar-refractivity contribution in [2.75, 3.05) is 51.3 Å². The molecule has 3 N–H and O–H groups in total. The summed E-state index contributed by atoms with van der Waals surface area (Å²) in [4.78, 5) is 48.5. The van der Waals surface area contributed by atoms with Crippen molar-refractivity contribution in [3.63, 3.8) is 0 Å². The Morgan fingerprint density at radius 2 is 1.77 bits per heavy atom. The van der Waals surface area contributed by atoms with Crippen molar-refractivity contribution in [3.8, 4) is 17.2 Å². The molecule has 5 aromatic rings. The van der Waals surface area contributed by atoms with Crippen LogP contribution in [0.3, 0.4) is 0 Å². The van der Waals surface area contributed by atoms with Gasteiger partial charge in [0.1, 0.15) is 5.75 Å². The first kappa shape index (κ1) is 37.9. The molecule has 278 valence electrons. The number of alkyl halides is 3. The highest BCUT2D eigenvalue weighted by molar-refractivity contribution is 6.76. The predicted octanol–water partition coefficient (Wildman–Crippen LogP) is 6.20. The number of nitrogens with one attached hydrogen (secondary N) is 2. The van der Waals surface area contributed by atoms with E-state index in [-0.39, 0.29) is 54.4 Å². The number of benzene rings is 3. The van der Waals surface area contributed by atoms with Crippen LogP contribution in [-0.2, 0) is 22.7 Å². The van der Waals surface area contributed by atoms with Crippen LogP contribution in [0.15, 0.2) is 59.5 Å². The molecule has 6 rings (SSSR count). The molecule has 17 heteroatoms. The number of halogens is 3. The zero-order chi connectivity index (χ0) is 38.0. The van der Waals surface area contributed by atoms with Gasteiger partial charge in [0.25, 0.3) is 9.35 Å². The van der Waals surface area contributed by atoms with Crippen molar-refractivity contribution in [1.29, 1.82) is 5.41 Å². The summed E-state index contributed by atoms with van der Waals surface area (Å²) >= 11 is 16.8. The third-order valence-electron chi connectivity index (χ3n) is 8.57. The number of pyridine rings is 2. The molecular weight excluding hydrogens is 751 g/mol. The van der Waals surface area contributed by atoms with Gasteiger partial charge in [0.05, 0.1) is 41.0 Å². The number of aromatic nitrogens is 2. The van der Waals surface area contributed by atoms with Crippen LogP contribution in [0.4, 0.5) is 16.2 Å². The van der Waals surface area contributed by atoms with E-state index < -0.39 is 22.4 Å². The Hall–Kier alpha value is -4.86. The molecule has 1 aliphatic heterocycles. The standard InChI is InChI=1S/C36H35Cl3N6O8/c1-43(2)10-11-45-32-23-15-29-30(52-19-51-29)16-26(23)41-17-24(32)21-13-20(18-46)28(14-22(21)33(45)48)53-35(49)44(3)27-8-5-4-7-25(27)42-31(47)9-6-12-50-34(40)36(37,38)39/h4-5,7-8,13-17,40,46H,6,9-12,18-19H2,1-3H3,(H,42,47). The maximum atomic E-state index is 14.3. The maximum Gasteiger partial charge on any atom is 0.419 e. The van der Waals surface area contributed by atoms with Gasteiger partial charge in [-0.3, -0.25) is 24.9 Å². The van der Waals surface area contributed by atoms with E-state index in [1.165, 1.54) is 18.0 Å². The Balaban J connectivity index is 1.30. The molecule has 0 atom stereocenters. The number of ether oxygens (including phenoxy) is 4. The lowest BCUT2D eigenvalue weighted by atomic mass is 10.0. The first-order valence-corrected chi connectivity index (χ1v) is 17.5. The second kappa shape index (κ2) is 15.6. The Morgan fingerprint density at radius 1 is 1.04 bits per heavy atom. The largest absolute Gasteiger partial charge is 0.478 e. The van der Waals surface area contributed by atoms with Crippen LogP contribution in [0, 0.1) is 5.41 Å². The Bertz CT molecular complexity index is 2310. The van der Waals surface area contributed by atoms with E-state index in [1.54, 1.807) is 47.2 Å². The average Bonchev–Trinajstić information content (AvgIpc) is 3.59. The van der Waals surface area contributed by atoms with Crippen molar-refractivity contribution < 1.29 is 33.6 Å². The highest BCUT2D eigenvalue weighted by atomic mass is 35.6. The molecule has 0 saturated carbocycles. The van der Waals surface area contributed by atoms with E-state index in [4.69, 9.17) is 59.2 Å². The number of para-hydroxylation sites is 2. The summed E-state index contributed by atoms with van der Waals surface area (Å²) < 4.78 is 21.8. The Morgan fingerprint density at radius 3 is 2.49 bits per heavy atom. The molecule has 0 spiro atoms. The van der Waals surface area contributed by atoms with Gasteiger partial charge in [-0.25, -0.2) is 4.79 Å². The quantitative estimate of drug-likeness (QED) is 0.0461. The summed E-state index contributed by atoms with van der Waals surface area (Å²) in [7, 11) is 5.29. The fourth-order valence-electron chi connectivity index (χ4n) is 5.89. The summed E-state index contributed by atoms with van der Waals surface area (Å²) in [5.41, 5.74) is 1.86. The minimum atomic E-state index is -2.00. The maximum absolute atomic E-state index is 14.3. The summed E-state index contributed by atoms with van der Waals surface area (Å²) in [6, 6.07) is 13.3. The zero-order valence-electron chi connectivity index (χ0n) is 28.9. The number of aliphatic hydroxyl groups excluding tert-OH is 1. The van der Waals surface area contributed by atoms with Gasteiger partial charge in [-0.05, 0) is 56.2 Å². The zero-order valence-corrected chi connectivity index (χ0v) is 31.1. The van der Waals surface area contributed by atoms with Crippen molar-refractivity contribution in [2.24, 2.45) is 0 Å². The molecule has 0 fully saturated rings. The van der Waals surface area contributed by atoms with Crippen LogP contribution in [0.25, 0.3) is 32.6 Å². The minimum absolute atomic E-state index is 0.00785. The first-order valence-electron chi connectivity index (χ1n) is 16.4. The second-order valence-corrected chi connectivity index (χ2v) is 14.7. The normalized spacial score (nSPS) is 12.5. The Kier molecular flexibility index (Phi) is 11.2. The first-order chi connectivity index (χ1) is 25.3. The molecule has 2 aromatic heterocycles. The van der Waals surface area contributed by atoms with Gasteiger partial charge in [0.15, 0.2) is 11.5 Å². The number of carbonyl (C=O) groups is 2. The number of fused-ring (bicyclic) bond motifs is 6. The molecular formula is C36H35Cl3N6O8. The van der Waals surface area contributed by atoms with Crippen LogP contribution in [0.1, 0.15) is 18.4 Å². The molecule has 3 heterocycles. The molecule has 0 saturated heterocycles. The molecule has 2 amide bonds. The fraction of sp³-hybridized carbons (Fsp3) is 0.306. The van der Waals surface area contributed by atoms with Gasteiger partial charge in [0.2, 0.25) is 18.6 Å². The van der Waals surface area contributed by atoms with Gasteiger partial charge in [-0.1, -0.05) is 46.9 Å². The van der Waals surface area contributed by atoms with Crippen LogP contribution in [0.2, 0.25) is 0 Å². The van der Waals surface area contributed by atoms with Gasteiger partial charge in [-0.2, -0.15) is 0 Å². The molecule has 53 heavy (non-hydrogen) atoms. The van der Waals surface area contributed by atoms with E-state index in [1.807, 2.05) is 25.1 Å². The number of hydrogen-bond acceptors (Lipinski definition) is 11. The second-order valence-electron chi connectivity index (χ2n) is 12.4. The SMILES string of the molecule is CN(C)CCn1c(=O)c2cc(OC(=O)N(C)c3ccccc3NC(=O)CCCOC(=N)C(Cl)(Cl)Cl)c(CO)cc2c2cnc3cc4c(cc3c21)OCO4. The monoisotopic (exact) mass is 784 g/mol. The lowest BCUT2D eigenvalue weighted by Crippen LogP contribution is -2.31. The third-order valence-corrected chi connectivity index (χ3v) is 9.09. The number of amides is 2. The third kappa shape index (κ3) is 8.06. The van der Waals surface area contributed by atoms with E-state index in [0.717, 1.165) is 0 Å². The topological polar surface area (TPSA) is 169 Å². The smallest absolute Gasteiger partial charge is 0.419 e. The van der Waals surface area contributed by atoms with Crippen molar-refractivity contribution in [1.82, 2.24) is 14.5 Å². The van der Waals surface area contributed by atoms with Gasteiger partial charge in [0, 0.05) is 55.2 Å². The molecule has 0 aliphatic carbocycles. The fourth-order valence-corrected chi connectivity index (χ4v) is 6.06. The lowest BCUT2D eigenvalue weighted by molar-refractivity contribution is -0.116. The number of carbonyl (C=O) groups excluding carboxylic acids is 2. The number of rotatable bonds is 11. The minimum Gasteiger partial charge on any atom is -0.478 e. The lowest BCUT2D eigenvalue weighted by Gasteiger charge is -2.22. The molecule has 14 nitrogen and oxygen atoms in total. The highest BCUT2D eigenvalue weighted by Gasteiger charge is 2.28. The van der Waals surface area contributed by atoms with Crippen molar-refractivity contribution in [3.05, 3.63) is 70.6 Å². The van der Waals surface area contributed by atoms with Crippen molar-refractivity contribution >= 4 is 96.7 Å². The summed E-state index contributed by atoms with van der Waals surface area (Å²) in [5.74, 6) is 0.177. The van der Waals surface area contributed by atoms with Gasteiger partial charge < -0.3 is 38.8 Å². The van der Waals surface area contributed by atoms with E-state index in [2.05, 4.69) is 10.3 Å². The number of nitrogens with zero attached hydrogens (tertiary/aromatic N) is 4.